The van der Waals surface area contributed by atoms with Crippen molar-refractivity contribution >= 4 is 40.6 Å². The van der Waals surface area contributed by atoms with Gasteiger partial charge in [-0.3, -0.25) is 9.78 Å². The van der Waals surface area contributed by atoms with Crippen LogP contribution in [0.4, 0.5) is 24.7 Å². The van der Waals surface area contributed by atoms with Gasteiger partial charge in [0.05, 0.1) is 11.9 Å². The number of aryl methyl sites for hydroxylation is 1. The number of benzene rings is 1. The third-order valence-corrected chi connectivity index (χ3v) is 10.1. The molecule has 48 heavy (non-hydrogen) atoms. The molecule has 1 spiro atoms. The second-order valence-electron chi connectivity index (χ2n) is 13.3. The minimum atomic E-state index is -4.63. The number of halogens is 3. The average molecular weight is 663 g/mol. The van der Waals surface area contributed by atoms with Gasteiger partial charge in [0.1, 0.15) is 17.2 Å². The lowest BCUT2D eigenvalue weighted by molar-refractivity contribution is -0.153. The van der Waals surface area contributed by atoms with Gasteiger partial charge in [0.2, 0.25) is 5.91 Å². The Morgan fingerprint density at radius 3 is 2.44 bits per heavy atom. The molecule has 254 valence electrons. The maximum Gasteiger partial charge on any atom is 0.422 e. The van der Waals surface area contributed by atoms with Crippen molar-refractivity contribution in [1.29, 1.82) is 5.41 Å². The van der Waals surface area contributed by atoms with Crippen molar-refractivity contribution < 1.29 is 22.7 Å². The van der Waals surface area contributed by atoms with Crippen LogP contribution in [0.5, 0.6) is 5.75 Å². The predicted octanol–water partition coefficient (Wildman–Crippen LogP) is 5.59. The molecule has 3 aliphatic heterocycles. The first-order valence-corrected chi connectivity index (χ1v) is 16.2. The van der Waals surface area contributed by atoms with Gasteiger partial charge in [-0.1, -0.05) is 19.2 Å². The first kappa shape index (κ1) is 33.4. The monoisotopic (exact) mass is 662 g/mol. The van der Waals surface area contributed by atoms with Crippen molar-refractivity contribution in [1.82, 2.24) is 24.8 Å². The number of fused-ring (bicyclic) bond motifs is 1. The molecule has 0 radical (unpaired) electrons. The van der Waals surface area contributed by atoms with Crippen LogP contribution in [0.25, 0.3) is 28.1 Å². The smallest absolute Gasteiger partial charge is 0.422 e. The summed E-state index contributed by atoms with van der Waals surface area (Å²) < 4.78 is 47.3. The number of hydrogen-bond acceptors (Lipinski definition) is 9. The third kappa shape index (κ3) is 6.23. The van der Waals surface area contributed by atoms with E-state index in [0.717, 1.165) is 45.0 Å². The first-order chi connectivity index (χ1) is 22.9. The number of aromatic nitrogens is 3. The summed E-state index contributed by atoms with van der Waals surface area (Å²) in [6.07, 6.45) is 4.08. The van der Waals surface area contributed by atoms with Gasteiger partial charge in [0, 0.05) is 71.5 Å². The molecule has 3 aromatic rings. The van der Waals surface area contributed by atoms with Gasteiger partial charge in [0.15, 0.2) is 12.4 Å². The van der Waals surface area contributed by atoms with Crippen molar-refractivity contribution in [2.24, 2.45) is 5.41 Å². The number of likely N-dealkylation sites (tertiary alicyclic amines) is 2. The number of nitrogens with zero attached hydrogens (tertiary/aromatic N) is 6. The van der Waals surface area contributed by atoms with Crippen molar-refractivity contribution in [2.75, 3.05) is 63.6 Å². The van der Waals surface area contributed by atoms with E-state index in [9.17, 15) is 18.0 Å². The molecule has 0 aliphatic carbocycles. The lowest BCUT2D eigenvalue weighted by atomic mass is 9.72. The number of hydrogen-bond donors (Lipinski definition) is 2. The van der Waals surface area contributed by atoms with Crippen LogP contribution in [-0.4, -0.2) is 96.0 Å². The Morgan fingerprint density at radius 1 is 1.15 bits per heavy atom. The molecule has 1 aromatic carbocycles. The van der Waals surface area contributed by atoms with Gasteiger partial charge in [-0.2, -0.15) is 13.2 Å². The van der Waals surface area contributed by atoms with E-state index < -0.39 is 12.8 Å². The Kier molecular flexibility index (Phi) is 8.92. The van der Waals surface area contributed by atoms with E-state index in [1.807, 2.05) is 6.07 Å². The third-order valence-electron chi connectivity index (χ3n) is 10.1. The topological polar surface area (TPSA) is 125 Å². The fourth-order valence-corrected chi connectivity index (χ4v) is 7.33. The Morgan fingerprint density at radius 2 is 1.83 bits per heavy atom. The molecule has 1 amide bonds. The standard InChI is InChI=1S/C35H41F3N8O2/c1-5-22-15-24-30(31(48-20-35(36,37)38)29(22)28-21(3)41-17-26(40)25(28)16-39)42-32(23-7-11-44(4)12-8-23)43-33(24)45-13-9-34(10-14-45)18-46(19-34)27(47)6-2/h5-6,15-17,23,39H,1-2,7-14,18-20,40H2,3-4H3. The SMILES string of the molecule is C=CC(=O)N1CC2(CCN(c3nc(C4CCN(C)CC4)nc4c(OCC(F)(F)F)c(-c5c(C)ncc(N)c5C=N)c(C=C)cc34)CC2)C1. The first-order valence-electron chi connectivity index (χ1n) is 16.2. The van der Waals surface area contributed by atoms with E-state index in [1.165, 1.54) is 12.3 Å². The van der Waals surface area contributed by atoms with Gasteiger partial charge >= 0.3 is 6.18 Å². The fourth-order valence-electron chi connectivity index (χ4n) is 7.33. The van der Waals surface area contributed by atoms with Crippen LogP contribution in [-0.2, 0) is 4.79 Å². The zero-order valence-electron chi connectivity index (χ0n) is 27.4. The second-order valence-corrected chi connectivity index (χ2v) is 13.3. The number of anilines is 2. The number of pyridine rings is 1. The van der Waals surface area contributed by atoms with Crippen LogP contribution < -0.4 is 15.4 Å². The molecule has 3 saturated heterocycles. The zero-order chi connectivity index (χ0) is 34.4. The number of carbonyl (C=O) groups is 1. The molecular formula is C35H41F3N8O2. The summed E-state index contributed by atoms with van der Waals surface area (Å²) in [6.45, 7) is 12.2. The molecule has 10 nitrogen and oxygen atoms in total. The molecule has 3 N–H and O–H groups in total. The van der Waals surface area contributed by atoms with Crippen LogP contribution in [0.3, 0.4) is 0 Å². The van der Waals surface area contributed by atoms with E-state index in [1.54, 1.807) is 17.9 Å². The number of nitrogens with one attached hydrogen (secondary N) is 1. The summed E-state index contributed by atoms with van der Waals surface area (Å²) in [4.78, 5) is 32.9. The van der Waals surface area contributed by atoms with Crippen molar-refractivity contribution in [3.8, 4) is 16.9 Å². The Balaban J connectivity index is 1.54. The molecule has 0 bridgehead atoms. The minimum absolute atomic E-state index is 0.0106. The van der Waals surface area contributed by atoms with Crippen LogP contribution in [0.15, 0.2) is 31.5 Å². The quantitative estimate of drug-likeness (QED) is 0.237. The summed E-state index contributed by atoms with van der Waals surface area (Å²) in [5.74, 6) is 1.09. The predicted molar refractivity (Wildman–Crippen MR) is 182 cm³/mol. The number of alkyl halides is 3. The molecule has 6 rings (SSSR count). The van der Waals surface area contributed by atoms with Crippen molar-refractivity contribution in [3.63, 3.8) is 0 Å². The van der Waals surface area contributed by atoms with Crippen molar-refractivity contribution in [2.45, 2.75) is 44.7 Å². The van der Waals surface area contributed by atoms with Gasteiger partial charge < -0.3 is 30.6 Å². The van der Waals surface area contributed by atoms with Crippen LogP contribution in [0, 0.1) is 17.7 Å². The van der Waals surface area contributed by atoms with E-state index in [4.69, 9.17) is 25.8 Å². The van der Waals surface area contributed by atoms with Crippen molar-refractivity contribution in [3.05, 3.63) is 54.1 Å². The van der Waals surface area contributed by atoms with Gasteiger partial charge in [-0.25, -0.2) is 9.97 Å². The number of ether oxygens (including phenoxy) is 1. The molecule has 0 saturated carbocycles. The largest absolute Gasteiger partial charge is 0.481 e. The number of piperidine rings is 2. The maximum atomic E-state index is 13.8. The van der Waals surface area contributed by atoms with Gasteiger partial charge in [0.25, 0.3) is 0 Å². The number of nitrogen functional groups attached to an aromatic ring is 1. The highest BCUT2D eigenvalue weighted by atomic mass is 19.4. The van der Waals surface area contributed by atoms with Crippen LogP contribution in [0.2, 0.25) is 0 Å². The lowest BCUT2D eigenvalue weighted by Gasteiger charge is -2.54. The highest BCUT2D eigenvalue weighted by Gasteiger charge is 2.46. The molecule has 5 heterocycles. The van der Waals surface area contributed by atoms with Crippen LogP contribution in [0.1, 0.15) is 54.2 Å². The fraction of sp³-hybridized carbons (Fsp3) is 0.457. The number of amides is 1. The van der Waals surface area contributed by atoms with E-state index in [2.05, 4.69) is 35.0 Å². The summed E-state index contributed by atoms with van der Waals surface area (Å²) in [5.41, 5.74) is 8.71. The summed E-state index contributed by atoms with van der Waals surface area (Å²) in [6, 6.07) is 1.85. The van der Waals surface area contributed by atoms with E-state index in [-0.39, 0.29) is 34.2 Å². The lowest BCUT2D eigenvalue weighted by Crippen LogP contribution is -2.61. The van der Waals surface area contributed by atoms with Gasteiger partial charge in [-0.15, -0.1) is 0 Å². The second kappa shape index (κ2) is 12.8. The summed E-state index contributed by atoms with van der Waals surface area (Å²) >= 11 is 0. The maximum absolute atomic E-state index is 13.8. The highest BCUT2D eigenvalue weighted by molar-refractivity contribution is 6.06. The molecule has 3 fully saturated rings. The number of rotatable bonds is 8. The Bertz CT molecular complexity index is 1770. The zero-order valence-corrected chi connectivity index (χ0v) is 27.4. The summed E-state index contributed by atoms with van der Waals surface area (Å²) in [5, 5.41) is 8.70. The minimum Gasteiger partial charge on any atom is -0.481 e. The Labute approximate surface area is 278 Å². The molecule has 2 aromatic heterocycles. The highest BCUT2D eigenvalue weighted by Crippen LogP contribution is 2.47. The van der Waals surface area contributed by atoms with E-state index >= 15 is 0 Å². The van der Waals surface area contributed by atoms with Gasteiger partial charge in [-0.05, 0) is 70.5 Å². The van der Waals surface area contributed by atoms with Crippen LogP contribution >= 0.6 is 0 Å². The summed E-state index contributed by atoms with van der Waals surface area (Å²) in [7, 11) is 2.06. The number of nitrogens with two attached hydrogens (primary N) is 1. The molecule has 0 unspecified atom stereocenters. The Hall–Kier alpha value is -4.52. The molecule has 0 atom stereocenters. The normalized spacial score (nSPS) is 18.5. The number of carbonyl (C=O) groups excluding carboxylic acids is 1. The molecular weight excluding hydrogens is 621 g/mol. The average Bonchev–Trinajstić information content (AvgIpc) is 3.05. The molecule has 3 aliphatic rings. The van der Waals surface area contributed by atoms with E-state index in [0.29, 0.717) is 71.2 Å². The molecule has 13 heteroatoms.